The fourth-order valence-electron chi connectivity index (χ4n) is 1.50. The summed E-state index contributed by atoms with van der Waals surface area (Å²) in [5.74, 6) is 0.504. The summed E-state index contributed by atoms with van der Waals surface area (Å²) < 4.78 is 0.272. The molecule has 0 spiro atoms. The van der Waals surface area contributed by atoms with E-state index in [0.717, 1.165) is 0 Å². The summed E-state index contributed by atoms with van der Waals surface area (Å²) in [6.07, 6.45) is 7.48. The van der Waals surface area contributed by atoms with Crippen LogP contribution in [-0.4, -0.2) is 40.5 Å². The standard InChI is InChI=1S/C11H16N4OS/c1-12-9-6-13-8(5-14-9)10(16)15-7-11(17-2)3-4-11/h5-6H,3-4,7H2,1-2H3,(H,12,14)(H,15,16). The second-order valence-corrected chi connectivity index (χ2v) is 5.38. The van der Waals surface area contributed by atoms with Crippen molar-refractivity contribution in [3.63, 3.8) is 0 Å². The molecule has 2 rings (SSSR count). The van der Waals surface area contributed by atoms with Crippen LogP contribution in [0.2, 0.25) is 0 Å². The largest absolute Gasteiger partial charge is 0.372 e. The topological polar surface area (TPSA) is 66.9 Å². The van der Waals surface area contributed by atoms with Gasteiger partial charge in [0, 0.05) is 18.3 Å². The molecule has 0 unspecified atom stereocenters. The molecule has 1 amide bonds. The fraction of sp³-hybridized carbons (Fsp3) is 0.545. The molecule has 5 nitrogen and oxygen atoms in total. The van der Waals surface area contributed by atoms with E-state index in [9.17, 15) is 4.79 Å². The van der Waals surface area contributed by atoms with E-state index in [1.807, 2.05) is 11.8 Å². The molecule has 0 bridgehead atoms. The smallest absolute Gasteiger partial charge is 0.271 e. The summed E-state index contributed by atoms with van der Waals surface area (Å²) in [7, 11) is 1.76. The van der Waals surface area contributed by atoms with E-state index in [4.69, 9.17) is 0 Å². The molecule has 1 aliphatic rings. The number of hydrogen-bond donors (Lipinski definition) is 2. The Morgan fingerprint density at radius 1 is 1.47 bits per heavy atom. The molecule has 1 fully saturated rings. The van der Waals surface area contributed by atoms with Gasteiger partial charge in [0.05, 0.1) is 12.4 Å². The Balaban J connectivity index is 1.90. The van der Waals surface area contributed by atoms with Gasteiger partial charge in [0.15, 0.2) is 0 Å². The number of amides is 1. The maximum atomic E-state index is 11.8. The highest BCUT2D eigenvalue weighted by atomic mass is 32.2. The van der Waals surface area contributed by atoms with Crippen LogP contribution in [0.3, 0.4) is 0 Å². The van der Waals surface area contributed by atoms with Crippen molar-refractivity contribution in [3.05, 3.63) is 18.1 Å². The van der Waals surface area contributed by atoms with Crippen molar-refractivity contribution in [1.29, 1.82) is 0 Å². The van der Waals surface area contributed by atoms with Crippen molar-refractivity contribution in [2.24, 2.45) is 0 Å². The van der Waals surface area contributed by atoms with Crippen LogP contribution in [0.5, 0.6) is 0 Å². The van der Waals surface area contributed by atoms with E-state index in [2.05, 4.69) is 26.9 Å². The molecule has 0 aliphatic heterocycles. The van der Waals surface area contributed by atoms with Gasteiger partial charge in [-0.2, -0.15) is 11.8 Å². The molecule has 1 aromatic rings. The molecule has 1 saturated carbocycles. The molecule has 1 aromatic heterocycles. The lowest BCUT2D eigenvalue weighted by atomic mass is 10.3. The van der Waals surface area contributed by atoms with Crippen molar-refractivity contribution in [3.8, 4) is 0 Å². The van der Waals surface area contributed by atoms with Crippen molar-refractivity contribution < 1.29 is 4.79 Å². The molecule has 17 heavy (non-hydrogen) atoms. The highest BCUT2D eigenvalue weighted by molar-refractivity contribution is 8.00. The van der Waals surface area contributed by atoms with E-state index in [1.165, 1.54) is 19.0 Å². The second kappa shape index (κ2) is 4.91. The Labute approximate surface area is 105 Å². The highest BCUT2D eigenvalue weighted by Crippen LogP contribution is 2.46. The van der Waals surface area contributed by atoms with Crippen LogP contribution in [-0.2, 0) is 0 Å². The van der Waals surface area contributed by atoms with Gasteiger partial charge in [-0.3, -0.25) is 4.79 Å². The third kappa shape index (κ3) is 2.88. The van der Waals surface area contributed by atoms with Gasteiger partial charge in [-0.1, -0.05) is 0 Å². The number of aromatic nitrogens is 2. The maximum absolute atomic E-state index is 11.8. The highest BCUT2D eigenvalue weighted by Gasteiger charge is 2.41. The molecule has 1 aliphatic carbocycles. The van der Waals surface area contributed by atoms with E-state index < -0.39 is 0 Å². The van der Waals surface area contributed by atoms with Crippen molar-refractivity contribution in [1.82, 2.24) is 15.3 Å². The minimum Gasteiger partial charge on any atom is -0.372 e. The van der Waals surface area contributed by atoms with Gasteiger partial charge in [-0.25, -0.2) is 9.97 Å². The molecule has 1 heterocycles. The lowest BCUT2D eigenvalue weighted by molar-refractivity contribution is 0.0947. The van der Waals surface area contributed by atoms with E-state index in [0.29, 0.717) is 18.1 Å². The van der Waals surface area contributed by atoms with Crippen molar-refractivity contribution >= 4 is 23.5 Å². The van der Waals surface area contributed by atoms with Crippen LogP contribution in [0.15, 0.2) is 12.4 Å². The summed E-state index contributed by atoms with van der Waals surface area (Å²) >= 11 is 1.82. The Bertz CT molecular complexity index is 402. The Hall–Kier alpha value is -1.30. The zero-order valence-electron chi connectivity index (χ0n) is 9.99. The SMILES string of the molecule is CNc1cnc(C(=O)NCC2(SC)CC2)cn1. The average Bonchev–Trinajstić information content (AvgIpc) is 3.17. The molecule has 6 heteroatoms. The number of anilines is 1. The molecule has 0 radical (unpaired) electrons. The zero-order valence-corrected chi connectivity index (χ0v) is 10.8. The van der Waals surface area contributed by atoms with Gasteiger partial charge in [0.2, 0.25) is 0 Å². The zero-order chi connectivity index (χ0) is 12.3. The van der Waals surface area contributed by atoms with Gasteiger partial charge < -0.3 is 10.6 Å². The predicted molar refractivity (Wildman–Crippen MR) is 69.4 cm³/mol. The van der Waals surface area contributed by atoms with Crippen LogP contribution < -0.4 is 10.6 Å². The van der Waals surface area contributed by atoms with Gasteiger partial charge >= 0.3 is 0 Å². The van der Waals surface area contributed by atoms with Gasteiger partial charge in [-0.15, -0.1) is 0 Å². The van der Waals surface area contributed by atoms with Gasteiger partial charge in [0.1, 0.15) is 11.5 Å². The number of thioether (sulfide) groups is 1. The lowest BCUT2D eigenvalue weighted by Gasteiger charge is -2.12. The summed E-state index contributed by atoms with van der Waals surface area (Å²) in [6.45, 7) is 0.711. The Kier molecular flexibility index (Phi) is 3.51. The van der Waals surface area contributed by atoms with Crippen LogP contribution in [0, 0.1) is 0 Å². The molecule has 0 saturated heterocycles. The number of rotatable bonds is 5. The number of carbonyl (C=O) groups is 1. The first kappa shape index (κ1) is 12.2. The first-order chi connectivity index (χ1) is 8.19. The Morgan fingerprint density at radius 2 is 2.24 bits per heavy atom. The first-order valence-corrected chi connectivity index (χ1v) is 6.75. The monoisotopic (exact) mass is 252 g/mol. The average molecular weight is 252 g/mol. The van der Waals surface area contributed by atoms with E-state index in [1.54, 1.807) is 13.2 Å². The van der Waals surface area contributed by atoms with Crippen LogP contribution in [0.4, 0.5) is 5.82 Å². The fourth-order valence-corrected chi connectivity index (χ4v) is 2.23. The molecular formula is C11H16N4OS. The Morgan fingerprint density at radius 3 is 2.71 bits per heavy atom. The predicted octanol–water partition coefficient (Wildman–Crippen LogP) is 1.14. The van der Waals surface area contributed by atoms with Crippen LogP contribution in [0.25, 0.3) is 0 Å². The number of nitrogens with one attached hydrogen (secondary N) is 2. The normalized spacial score (nSPS) is 16.4. The van der Waals surface area contributed by atoms with E-state index >= 15 is 0 Å². The molecule has 0 aromatic carbocycles. The first-order valence-electron chi connectivity index (χ1n) is 5.52. The summed E-state index contributed by atoms with van der Waals surface area (Å²) in [6, 6.07) is 0. The minimum atomic E-state index is -0.152. The third-order valence-corrected chi connectivity index (χ3v) is 4.37. The molecule has 92 valence electrons. The maximum Gasteiger partial charge on any atom is 0.271 e. The third-order valence-electron chi connectivity index (χ3n) is 2.95. The van der Waals surface area contributed by atoms with Gasteiger partial charge in [-0.05, 0) is 19.1 Å². The van der Waals surface area contributed by atoms with Crippen molar-refractivity contribution in [2.75, 3.05) is 25.2 Å². The quantitative estimate of drug-likeness (QED) is 0.822. The molecule has 2 N–H and O–H groups in total. The van der Waals surface area contributed by atoms with Crippen molar-refractivity contribution in [2.45, 2.75) is 17.6 Å². The number of nitrogens with zero attached hydrogens (tertiary/aromatic N) is 2. The second-order valence-electron chi connectivity index (χ2n) is 4.11. The van der Waals surface area contributed by atoms with Gasteiger partial charge in [0.25, 0.3) is 5.91 Å². The number of hydrogen-bond acceptors (Lipinski definition) is 5. The number of carbonyl (C=O) groups excluding carboxylic acids is 1. The lowest BCUT2D eigenvalue weighted by Crippen LogP contribution is -2.32. The summed E-state index contributed by atoms with van der Waals surface area (Å²) in [5.41, 5.74) is 0.362. The van der Waals surface area contributed by atoms with Crippen LogP contribution >= 0.6 is 11.8 Å². The summed E-state index contributed by atoms with van der Waals surface area (Å²) in [4.78, 5) is 19.9. The minimum absolute atomic E-state index is 0.152. The summed E-state index contributed by atoms with van der Waals surface area (Å²) in [5, 5.41) is 5.77. The molecule has 0 atom stereocenters. The van der Waals surface area contributed by atoms with E-state index in [-0.39, 0.29) is 10.7 Å². The molecular weight excluding hydrogens is 236 g/mol. The van der Waals surface area contributed by atoms with Crippen LogP contribution in [0.1, 0.15) is 23.3 Å².